The molecule has 40 heavy (non-hydrogen) atoms. The molecular formula is C29H35FN6O4. The van der Waals surface area contributed by atoms with E-state index in [2.05, 4.69) is 20.7 Å². The predicted molar refractivity (Wildman–Crippen MR) is 146 cm³/mol. The average molecular weight is 551 g/mol. The Hall–Kier alpha value is -4.02. The van der Waals surface area contributed by atoms with Crippen LogP contribution in [0.2, 0.25) is 0 Å². The van der Waals surface area contributed by atoms with E-state index in [1.54, 1.807) is 36.9 Å². The molecule has 2 aliphatic rings. The van der Waals surface area contributed by atoms with Crippen LogP contribution in [0.5, 0.6) is 5.75 Å². The summed E-state index contributed by atoms with van der Waals surface area (Å²) < 4.78 is 23.0. The number of carbonyl (C=O) groups is 2. The zero-order chi connectivity index (χ0) is 28.6. The highest BCUT2D eigenvalue weighted by Crippen LogP contribution is 2.51. The summed E-state index contributed by atoms with van der Waals surface area (Å²) in [6, 6.07) is 5.38. The van der Waals surface area contributed by atoms with E-state index in [0.29, 0.717) is 45.9 Å². The minimum Gasteiger partial charge on any atom is -0.618 e. The van der Waals surface area contributed by atoms with Gasteiger partial charge in [0.15, 0.2) is 11.4 Å². The first-order valence-corrected chi connectivity index (χ1v) is 13.9. The molecule has 3 aromatic heterocycles. The molecule has 1 unspecified atom stereocenters. The summed E-state index contributed by atoms with van der Waals surface area (Å²) >= 11 is 0. The molecule has 0 radical (unpaired) electrons. The number of hydrogen-bond acceptors (Lipinski definition) is 6. The van der Waals surface area contributed by atoms with Crippen molar-refractivity contribution in [1.29, 1.82) is 0 Å². The van der Waals surface area contributed by atoms with Gasteiger partial charge in [0.1, 0.15) is 17.6 Å². The lowest BCUT2D eigenvalue weighted by Gasteiger charge is -2.27. The molecule has 212 valence electrons. The zero-order valence-corrected chi connectivity index (χ0v) is 23.2. The van der Waals surface area contributed by atoms with Gasteiger partial charge in [0.25, 0.3) is 5.91 Å². The van der Waals surface area contributed by atoms with Crippen LogP contribution in [-0.4, -0.2) is 39.2 Å². The highest BCUT2D eigenvalue weighted by atomic mass is 19.1. The van der Waals surface area contributed by atoms with Crippen molar-refractivity contribution in [3.05, 3.63) is 59.2 Å². The fourth-order valence-corrected chi connectivity index (χ4v) is 5.39. The first-order chi connectivity index (χ1) is 19.2. The number of rotatable bonds is 11. The minimum absolute atomic E-state index is 0.0000495. The summed E-state index contributed by atoms with van der Waals surface area (Å²) in [4.78, 5) is 31.0. The number of halogens is 1. The van der Waals surface area contributed by atoms with Crippen molar-refractivity contribution in [1.82, 2.24) is 20.1 Å². The second-order valence-corrected chi connectivity index (χ2v) is 10.9. The van der Waals surface area contributed by atoms with Crippen molar-refractivity contribution >= 4 is 17.6 Å². The Kier molecular flexibility index (Phi) is 7.73. The Bertz CT molecular complexity index is 1400. The van der Waals surface area contributed by atoms with Crippen molar-refractivity contribution in [2.45, 2.75) is 65.5 Å². The van der Waals surface area contributed by atoms with Gasteiger partial charge >= 0.3 is 0 Å². The molecule has 1 atom stereocenters. The van der Waals surface area contributed by atoms with Gasteiger partial charge in [0.05, 0.1) is 12.2 Å². The van der Waals surface area contributed by atoms with Gasteiger partial charge in [-0.2, -0.15) is 14.2 Å². The van der Waals surface area contributed by atoms with Gasteiger partial charge in [-0.25, -0.2) is 4.98 Å². The predicted octanol–water partition coefficient (Wildman–Crippen LogP) is 4.18. The van der Waals surface area contributed by atoms with Crippen molar-refractivity contribution in [2.24, 2.45) is 17.8 Å². The zero-order valence-electron chi connectivity index (χ0n) is 23.2. The SMILES string of the molecule is CCOc1cc(-c2ccc(NC(=O)C(NC(=O)c3ccnn3C(C)C)C(C3CC3)C3CC3)nc2F)c(C)[n+]([O-])c1. The van der Waals surface area contributed by atoms with Crippen LogP contribution in [0.1, 0.15) is 68.7 Å². The Morgan fingerprint density at radius 3 is 2.48 bits per heavy atom. The van der Waals surface area contributed by atoms with E-state index in [0.717, 1.165) is 25.7 Å². The van der Waals surface area contributed by atoms with Gasteiger partial charge in [-0.15, -0.1) is 0 Å². The van der Waals surface area contributed by atoms with Crippen molar-refractivity contribution < 1.29 is 23.4 Å². The lowest BCUT2D eigenvalue weighted by molar-refractivity contribution is -0.612. The van der Waals surface area contributed by atoms with Gasteiger partial charge in [-0.05, 0) is 82.4 Å². The van der Waals surface area contributed by atoms with E-state index in [-0.39, 0.29) is 29.2 Å². The molecule has 0 saturated heterocycles. The summed E-state index contributed by atoms with van der Waals surface area (Å²) in [6.07, 6.45) is 6.94. The summed E-state index contributed by atoms with van der Waals surface area (Å²) in [5.74, 6) is -0.566. The molecule has 0 aromatic carbocycles. The van der Waals surface area contributed by atoms with Gasteiger partial charge in [-0.3, -0.25) is 14.3 Å². The highest BCUT2D eigenvalue weighted by Gasteiger charge is 2.48. The quantitative estimate of drug-likeness (QED) is 0.210. The van der Waals surface area contributed by atoms with Crippen LogP contribution < -0.4 is 20.1 Å². The van der Waals surface area contributed by atoms with Gasteiger partial charge in [0.2, 0.25) is 18.1 Å². The summed E-state index contributed by atoms with van der Waals surface area (Å²) in [5.41, 5.74) is 1.13. The first kappa shape index (κ1) is 27.5. The molecule has 2 fully saturated rings. The molecule has 2 amide bonds. The van der Waals surface area contributed by atoms with Gasteiger partial charge in [0, 0.05) is 30.8 Å². The van der Waals surface area contributed by atoms with Crippen molar-refractivity contribution in [2.75, 3.05) is 11.9 Å². The van der Waals surface area contributed by atoms with Gasteiger partial charge in [-0.1, -0.05) is 0 Å². The Morgan fingerprint density at radius 2 is 1.88 bits per heavy atom. The molecule has 0 bridgehead atoms. The van der Waals surface area contributed by atoms with Crippen molar-refractivity contribution in [3.63, 3.8) is 0 Å². The number of aromatic nitrogens is 4. The molecule has 10 nitrogen and oxygen atoms in total. The molecule has 2 saturated carbocycles. The number of nitrogens with one attached hydrogen (secondary N) is 2. The van der Waals surface area contributed by atoms with Crippen LogP contribution in [0.3, 0.4) is 0 Å². The molecule has 3 aromatic rings. The first-order valence-electron chi connectivity index (χ1n) is 13.9. The lowest BCUT2D eigenvalue weighted by Crippen LogP contribution is -2.50. The maximum atomic E-state index is 15.3. The fourth-order valence-electron chi connectivity index (χ4n) is 5.39. The van der Waals surface area contributed by atoms with Crippen LogP contribution in [0, 0.1) is 35.8 Å². The summed E-state index contributed by atoms with van der Waals surface area (Å²) in [7, 11) is 0. The molecule has 2 N–H and O–H groups in total. The molecule has 5 rings (SSSR count). The second-order valence-electron chi connectivity index (χ2n) is 10.9. The number of pyridine rings is 2. The molecular weight excluding hydrogens is 515 g/mol. The van der Waals surface area contributed by atoms with Gasteiger partial charge < -0.3 is 20.6 Å². The maximum absolute atomic E-state index is 15.3. The second kappa shape index (κ2) is 11.2. The topological polar surface area (TPSA) is 125 Å². The monoisotopic (exact) mass is 550 g/mol. The third-order valence-electron chi connectivity index (χ3n) is 7.63. The Balaban J connectivity index is 1.39. The van der Waals surface area contributed by atoms with E-state index in [9.17, 15) is 14.8 Å². The van der Waals surface area contributed by atoms with Crippen LogP contribution >= 0.6 is 0 Å². The smallest absolute Gasteiger partial charge is 0.270 e. The summed E-state index contributed by atoms with van der Waals surface area (Å²) in [5, 5.41) is 22.3. The van der Waals surface area contributed by atoms with Crippen LogP contribution in [-0.2, 0) is 4.79 Å². The number of anilines is 1. The average Bonchev–Trinajstić information content (AvgIpc) is 3.85. The van der Waals surface area contributed by atoms with Crippen molar-refractivity contribution in [3.8, 4) is 16.9 Å². The Morgan fingerprint density at radius 1 is 1.18 bits per heavy atom. The fraction of sp³-hybridized carbons (Fsp3) is 0.483. The molecule has 0 aliphatic heterocycles. The molecule has 0 spiro atoms. The normalized spacial score (nSPS) is 15.8. The van der Waals surface area contributed by atoms with Crippen LogP contribution in [0.25, 0.3) is 11.1 Å². The number of carbonyl (C=O) groups excluding carboxylic acids is 2. The van der Waals surface area contributed by atoms with Crippen LogP contribution in [0.4, 0.5) is 10.2 Å². The van der Waals surface area contributed by atoms with Crippen LogP contribution in [0.15, 0.2) is 36.7 Å². The molecule has 11 heteroatoms. The maximum Gasteiger partial charge on any atom is 0.270 e. The number of nitrogens with zero attached hydrogens (tertiary/aromatic N) is 4. The van der Waals surface area contributed by atoms with E-state index in [1.165, 1.54) is 18.3 Å². The Labute approximate surface area is 232 Å². The largest absolute Gasteiger partial charge is 0.618 e. The third kappa shape index (κ3) is 5.78. The number of hydrogen-bond donors (Lipinski definition) is 2. The summed E-state index contributed by atoms with van der Waals surface area (Å²) in [6.45, 7) is 7.59. The van der Waals surface area contributed by atoms with E-state index in [1.807, 2.05) is 13.8 Å². The molecule has 3 heterocycles. The number of ether oxygens (including phenoxy) is 1. The number of amides is 2. The van der Waals surface area contributed by atoms with E-state index < -0.39 is 17.9 Å². The van der Waals surface area contributed by atoms with E-state index >= 15 is 4.39 Å². The lowest BCUT2D eigenvalue weighted by atomic mass is 9.88. The van der Waals surface area contributed by atoms with E-state index in [4.69, 9.17) is 4.74 Å². The standard InChI is InChI=1S/C29H35FN6O4/c1-5-40-20-14-22(17(4)35(39)15-20)21-10-11-24(32-27(21)30)33-29(38)26(25(18-6-7-18)19-8-9-19)34-28(37)23-12-13-31-36(23)16(2)3/h10-16,18-19,25-26H,5-9H2,1-4H3,(H,34,37)(H,32,33,38). The third-order valence-corrected chi connectivity index (χ3v) is 7.63. The minimum atomic E-state index is -0.836. The molecule has 2 aliphatic carbocycles. The highest BCUT2D eigenvalue weighted by molar-refractivity contribution is 6.00.